The van der Waals surface area contributed by atoms with Gasteiger partial charge in [-0.15, -0.1) is 0 Å². The van der Waals surface area contributed by atoms with Gasteiger partial charge in [-0.3, -0.25) is 4.90 Å². The molecule has 0 saturated carbocycles. The Balaban J connectivity index is 2.01. The summed E-state index contributed by atoms with van der Waals surface area (Å²) >= 11 is 0. The van der Waals surface area contributed by atoms with Gasteiger partial charge in [0.15, 0.2) is 11.5 Å². The Bertz CT molecular complexity index is 855. The Morgan fingerprint density at radius 2 is 1.96 bits per heavy atom. The zero-order valence-corrected chi connectivity index (χ0v) is 17.1. The highest BCUT2D eigenvalue weighted by atomic mass is 16.5. The van der Waals surface area contributed by atoms with Gasteiger partial charge in [-0.25, -0.2) is 0 Å². The van der Waals surface area contributed by atoms with E-state index in [1.807, 2.05) is 0 Å². The maximum Gasteiger partial charge on any atom is 0.161 e. The summed E-state index contributed by atoms with van der Waals surface area (Å²) in [7, 11) is 3.34. The number of piperidine rings is 1. The monoisotopic (exact) mass is 379 g/mol. The van der Waals surface area contributed by atoms with Crippen molar-refractivity contribution in [1.29, 1.82) is 10.5 Å². The topological polar surface area (TPSA) is 69.3 Å². The second kappa shape index (κ2) is 6.98. The molecule has 5 nitrogen and oxygen atoms in total. The molecule has 0 unspecified atom stereocenters. The van der Waals surface area contributed by atoms with E-state index in [0.717, 1.165) is 56.6 Å². The number of methoxy groups -OCH3 is 2. The molecule has 4 rings (SSSR count). The molecule has 2 bridgehead atoms. The van der Waals surface area contributed by atoms with Gasteiger partial charge in [0.05, 0.1) is 37.8 Å². The van der Waals surface area contributed by atoms with E-state index < -0.39 is 0 Å². The second-order valence-corrected chi connectivity index (χ2v) is 8.48. The first kappa shape index (κ1) is 19.1. The molecule has 3 aliphatic heterocycles. The normalized spacial score (nSPS) is 33.3. The summed E-state index contributed by atoms with van der Waals surface area (Å²) in [5, 5.41) is 19.6. The third-order valence-corrected chi connectivity index (χ3v) is 7.86. The molecule has 0 N–H and O–H groups in total. The lowest BCUT2D eigenvalue weighted by atomic mass is 9.53. The second-order valence-electron chi connectivity index (χ2n) is 8.48. The van der Waals surface area contributed by atoms with Crippen LogP contribution in [0.15, 0.2) is 12.1 Å². The van der Waals surface area contributed by atoms with Crippen molar-refractivity contribution in [2.75, 3.05) is 20.8 Å². The molecule has 4 atom stereocenters. The summed E-state index contributed by atoms with van der Waals surface area (Å²) in [5.74, 6) is 1.42. The number of benzene rings is 1. The van der Waals surface area contributed by atoms with Crippen LogP contribution < -0.4 is 9.47 Å². The summed E-state index contributed by atoms with van der Waals surface area (Å²) in [5.41, 5.74) is 2.12. The van der Waals surface area contributed by atoms with Gasteiger partial charge in [0.2, 0.25) is 0 Å². The van der Waals surface area contributed by atoms with Crippen molar-refractivity contribution < 1.29 is 9.47 Å². The Morgan fingerprint density at radius 3 is 2.61 bits per heavy atom. The van der Waals surface area contributed by atoms with E-state index in [9.17, 15) is 10.5 Å². The van der Waals surface area contributed by atoms with Crippen molar-refractivity contribution in [2.45, 2.75) is 63.5 Å². The first-order valence-corrected chi connectivity index (χ1v) is 10.4. The number of fused-ring (bicyclic) bond motifs is 1. The Hall–Kier alpha value is -2.24. The molecule has 0 aliphatic carbocycles. The minimum Gasteiger partial charge on any atom is -0.493 e. The number of ether oxygens (including phenoxy) is 2. The van der Waals surface area contributed by atoms with Gasteiger partial charge >= 0.3 is 0 Å². The lowest BCUT2D eigenvalue weighted by Crippen LogP contribution is -2.63. The van der Waals surface area contributed by atoms with Crippen LogP contribution in [-0.4, -0.2) is 31.7 Å². The van der Waals surface area contributed by atoms with E-state index in [1.165, 1.54) is 11.1 Å². The largest absolute Gasteiger partial charge is 0.493 e. The standard InChI is InChI=1S/C23H29N3O2/c1-4-22(8-5-10-24)9-6-18-13-17(15-25)23(22)19-14-21(28-3)20(27-2)12-16(19)7-11-26(18)23/h12,14,17-18H,4-9,11,13H2,1-3H3/t17-,18-,22+,23+/m0/s1. The minimum absolute atomic E-state index is 0.0595. The smallest absolute Gasteiger partial charge is 0.161 e. The van der Waals surface area contributed by atoms with Gasteiger partial charge in [0, 0.05) is 19.0 Å². The van der Waals surface area contributed by atoms with Gasteiger partial charge < -0.3 is 9.47 Å². The molecule has 3 aliphatic rings. The van der Waals surface area contributed by atoms with E-state index >= 15 is 0 Å². The molecular formula is C23H29N3O2. The van der Waals surface area contributed by atoms with Crippen molar-refractivity contribution in [3.63, 3.8) is 0 Å². The highest BCUT2D eigenvalue weighted by molar-refractivity contribution is 5.53. The fraction of sp³-hybridized carbons (Fsp3) is 0.652. The number of nitriles is 2. The van der Waals surface area contributed by atoms with Crippen LogP contribution in [0.1, 0.15) is 56.6 Å². The summed E-state index contributed by atoms with van der Waals surface area (Å²) in [4.78, 5) is 2.64. The number of hydrogen-bond acceptors (Lipinski definition) is 5. The molecule has 5 heteroatoms. The molecule has 0 amide bonds. The first-order valence-electron chi connectivity index (χ1n) is 10.4. The summed E-state index contributed by atoms with van der Waals surface area (Å²) in [6.07, 6.45) is 6.46. The summed E-state index contributed by atoms with van der Waals surface area (Å²) in [6, 6.07) is 9.79. The molecule has 2 saturated heterocycles. The van der Waals surface area contributed by atoms with Crippen LogP contribution in [0.25, 0.3) is 0 Å². The van der Waals surface area contributed by atoms with E-state index in [1.54, 1.807) is 14.2 Å². The van der Waals surface area contributed by atoms with Crippen molar-refractivity contribution in [1.82, 2.24) is 4.90 Å². The van der Waals surface area contributed by atoms with Crippen LogP contribution in [0.3, 0.4) is 0 Å². The maximum atomic E-state index is 10.3. The van der Waals surface area contributed by atoms with Gasteiger partial charge in [-0.2, -0.15) is 10.5 Å². The van der Waals surface area contributed by atoms with Crippen LogP contribution in [0, 0.1) is 34.0 Å². The predicted octanol–water partition coefficient (Wildman–Crippen LogP) is 4.16. The molecule has 3 heterocycles. The third-order valence-electron chi connectivity index (χ3n) is 7.86. The van der Waals surface area contributed by atoms with Crippen molar-refractivity contribution in [3.05, 3.63) is 23.3 Å². The van der Waals surface area contributed by atoms with E-state index in [4.69, 9.17) is 9.47 Å². The number of rotatable bonds is 5. The quantitative estimate of drug-likeness (QED) is 0.768. The van der Waals surface area contributed by atoms with Crippen LogP contribution in [0.4, 0.5) is 0 Å². The van der Waals surface area contributed by atoms with Gasteiger partial charge in [0.25, 0.3) is 0 Å². The summed E-state index contributed by atoms with van der Waals surface area (Å²) < 4.78 is 11.2. The van der Waals surface area contributed by atoms with E-state index in [2.05, 4.69) is 36.1 Å². The van der Waals surface area contributed by atoms with Gasteiger partial charge in [-0.1, -0.05) is 6.92 Å². The fourth-order valence-electron chi connectivity index (χ4n) is 6.73. The first-order chi connectivity index (χ1) is 13.6. The van der Waals surface area contributed by atoms with E-state index in [0.29, 0.717) is 12.5 Å². The van der Waals surface area contributed by atoms with Crippen LogP contribution >= 0.6 is 0 Å². The molecule has 2 fully saturated rings. The Labute approximate surface area is 167 Å². The van der Waals surface area contributed by atoms with Gasteiger partial charge in [-0.05, 0) is 67.2 Å². The average molecular weight is 380 g/mol. The van der Waals surface area contributed by atoms with Crippen molar-refractivity contribution in [3.8, 4) is 23.6 Å². The van der Waals surface area contributed by atoms with Crippen LogP contribution in [0.2, 0.25) is 0 Å². The van der Waals surface area contributed by atoms with E-state index in [-0.39, 0.29) is 16.9 Å². The Morgan fingerprint density at radius 1 is 1.21 bits per heavy atom. The predicted molar refractivity (Wildman–Crippen MR) is 106 cm³/mol. The number of hydrogen-bond donors (Lipinski definition) is 0. The molecule has 148 valence electrons. The minimum atomic E-state index is -0.330. The molecule has 1 aromatic rings. The van der Waals surface area contributed by atoms with Crippen LogP contribution in [-0.2, 0) is 12.0 Å². The maximum absolute atomic E-state index is 10.3. The van der Waals surface area contributed by atoms with Crippen LogP contribution in [0.5, 0.6) is 11.5 Å². The highest BCUT2D eigenvalue weighted by Gasteiger charge is 2.68. The molecule has 0 spiro atoms. The fourth-order valence-corrected chi connectivity index (χ4v) is 6.73. The third kappa shape index (κ3) is 2.26. The average Bonchev–Trinajstić information content (AvgIpc) is 3.01. The lowest BCUT2D eigenvalue weighted by molar-refractivity contribution is -0.0977. The van der Waals surface area contributed by atoms with Gasteiger partial charge in [0.1, 0.15) is 0 Å². The lowest BCUT2D eigenvalue weighted by Gasteiger charge is -2.61. The molecule has 0 radical (unpaired) electrons. The molecule has 1 aromatic carbocycles. The SMILES string of the molecule is CC[C@@]1(CCC#N)CC[C@H]2C[C@@H](C#N)[C@@]13c1cc(OC)c(OC)cc1CCN23. The zero-order chi connectivity index (χ0) is 19.9. The molecular weight excluding hydrogens is 350 g/mol. The molecule has 28 heavy (non-hydrogen) atoms. The Kier molecular flexibility index (Phi) is 4.76. The number of nitrogens with zero attached hydrogens (tertiary/aromatic N) is 3. The van der Waals surface area contributed by atoms with Crippen molar-refractivity contribution >= 4 is 0 Å². The highest BCUT2D eigenvalue weighted by Crippen LogP contribution is 2.67. The van der Waals surface area contributed by atoms with Crippen molar-refractivity contribution in [2.24, 2.45) is 11.3 Å². The molecule has 0 aromatic heterocycles. The summed E-state index contributed by atoms with van der Waals surface area (Å²) in [6.45, 7) is 3.21. The zero-order valence-electron chi connectivity index (χ0n) is 17.1.